The minimum absolute atomic E-state index is 0.462. The highest BCUT2D eigenvalue weighted by atomic mass is 28.3. The molecule has 0 bridgehead atoms. The molecule has 0 unspecified atom stereocenters. The van der Waals surface area contributed by atoms with Gasteiger partial charge in [-0.2, -0.15) is 39.5 Å². The zero-order chi connectivity index (χ0) is 15.0. The van der Waals surface area contributed by atoms with E-state index in [1.807, 2.05) is 0 Å². The lowest BCUT2D eigenvalue weighted by molar-refractivity contribution is -0.396. The van der Waals surface area contributed by atoms with E-state index in [4.69, 9.17) is 0 Å². The fourth-order valence-corrected chi connectivity index (χ4v) is 1.97. The Morgan fingerprint density at radius 1 is 0.722 bits per heavy atom. The molecule has 0 atom stereocenters. The highest BCUT2D eigenvalue weighted by Gasteiger charge is 2.81. The second-order valence-electron chi connectivity index (χ2n) is 4.28. The molecular formula is C8H11F9Si. The first-order valence-electron chi connectivity index (χ1n) is 4.87. The van der Waals surface area contributed by atoms with Crippen molar-refractivity contribution in [1.29, 1.82) is 0 Å². The molecule has 110 valence electrons. The molecule has 0 spiro atoms. The van der Waals surface area contributed by atoms with Crippen LogP contribution in [0.25, 0.3) is 0 Å². The minimum atomic E-state index is -6.76. The maximum Gasteiger partial charge on any atom is 0.460 e. The van der Waals surface area contributed by atoms with Crippen LogP contribution in [0.5, 0.6) is 0 Å². The summed E-state index contributed by atoms with van der Waals surface area (Å²) in [4.78, 5) is 0. The smallest absolute Gasteiger partial charge is 0.200 e. The van der Waals surface area contributed by atoms with Gasteiger partial charge in [-0.05, 0) is 0 Å². The lowest BCUT2D eigenvalue weighted by Crippen LogP contribution is -2.60. The largest absolute Gasteiger partial charge is 0.460 e. The average Bonchev–Trinajstić information content (AvgIpc) is 2.12. The van der Waals surface area contributed by atoms with Gasteiger partial charge in [-0.15, -0.1) is 0 Å². The Kier molecular flexibility index (Phi) is 4.82. The van der Waals surface area contributed by atoms with Crippen LogP contribution in [0.15, 0.2) is 0 Å². The predicted octanol–water partition coefficient (Wildman–Crippen LogP) is 4.33. The zero-order valence-corrected chi connectivity index (χ0v) is 10.5. The topological polar surface area (TPSA) is 0 Å². The van der Waals surface area contributed by atoms with Gasteiger partial charge in [0.1, 0.15) is 0 Å². The fourth-order valence-electron chi connectivity index (χ4n) is 1.03. The lowest BCUT2D eigenvalue weighted by atomic mass is 10.0. The van der Waals surface area contributed by atoms with Gasteiger partial charge >= 0.3 is 23.9 Å². The normalized spacial score (nSPS) is 15.3. The molecule has 0 amide bonds. The standard InChI is InChI=1S/C8H11F9Si/c1-18(2)4-3-5(9,10)6(11,12)7(13,14)8(15,16)17/h18H,3-4H2,1-2H3. The van der Waals surface area contributed by atoms with Crippen LogP contribution in [0.1, 0.15) is 6.42 Å². The first kappa shape index (κ1) is 17.6. The molecule has 0 radical (unpaired) electrons. The summed E-state index contributed by atoms with van der Waals surface area (Å²) in [6.07, 6.45) is -8.41. The van der Waals surface area contributed by atoms with Gasteiger partial charge < -0.3 is 0 Å². The molecule has 0 aromatic rings. The Labute approximate surface area is 98.8 Å². The van der Waals surface area contributed by atoms with Crippen molar-refractivity contribution in [2.24, 2.45) is 0 Å². The SMILES string of the molecule is C[SiH](C)CCC(F)(F)C(F)(F)C(F)(F)C(F)(F)F. The number of hydrogen-bond donors (Lipinski definition) is 0. The van der Waals surface area contributed by atoms with Crippen molar-refractivity contribution in [3.8, 4) is 0 Å². The first-order chi connectivity index (χ1) is 7.67. The van der Waals surface area contributed by atoms with Crippen LogP contribution in [-0.4, -0.2) is 32.7 Å². The van der Waals surface area contributed by atoms with Crippen molar-refractivity contribution in [2.75, 3.05) is 0 Å². The van der Waals surface area contributed by atoms with Crippen molar-refractivity contribution in [1.82, 2.24) is 0 Å². The maximum absolute atomic E-state index is 12.9. The molecule has 0 aromatic carbocycles. The average molecular weight is 306 g/mol. The molecule has 0 aliphatic rings. The van der Waals surface area contributed by atoms with Crippen molar-refractivity contribution in [3.63, 3.8) is 0 Å². The van der Waals surface area contributed by atoms with Gasteiger partial charge in [0.25, 0.3) is 0 Å². The molecule has 0 N–H and O–H groups in total. The van der Waals surface area contributed by atoms with Crippen LogP contribution in [0.4, 0.5) is 39.5 Å². The summed E-state index contributed by atoms with van der Waals surface area (Å²) in [6, 6.07) is -0.462. The molecule has 0 fully saturated rings. The molecule has 0 saturated carbocycles. The van der Waals surface area contributed by atoms with E-state index in [0.29, 0.717) is 0 Å². The second-order valence-corrected chi connectivity index (χ2v) is 7.65. The van der Waals surface area contributed by atoms with Crippen LogP contribution in [0, 0.1) is 0 Å². The van der Waals surface area contributed by atoms with Gasteiger partial charge in [0.05, 0.1) is 0 Å². The molecule has 0 aliphatic heterocycles. The Hall–Kier alpha value is -0.413. The summed E-state index contributed by atoms with van der Waals surface area (Å²) in [6.45, 7) is 2.96. The number of hydrogen-bond acceptors (Lipinski definition) is 0. The highest BCUT2D eigenvalue weighted by molar-refractivity contribution is 6.55. The van der Waals surface area contributed by atoms with Gasteiger partial charge in [0, 0.05) is 15.2 Å². The lowest BCUT2D eigenvalue weighted by Gasteiger charge is -2.33. The van der Waals surface area contributed by atoms with E-state index >= 15 is 0 Å². The zero-order valence-electron chi connectivity index (χ0n) is 9.39. The second kappa shape index (κ2) is 4.93. The van der Waals surface area contributed by atoms with Crippen LogP contribution in [0.2, 0.25) is 19.1 Å². The summed E-state index contributed by atoms with van der Waals surface area (Å²) < 4.78 is 111. The molecule has 0 aliphatic carbocycles. The molecule has 0 nitrogen and oxygen atoms in total. The van der Waals surface area contributed by atoms with E-state index in [1.54, 1.807) is 0 Å². The summed E-state index contributed by atoms with van der Waals surface area (Å²) in [5, 5.41) is 0. The van der Waals surface area contributed by atoms with Crippen LogP contribution in [-0.2, 0) is 0 Å². The van der Waals surface area contributed by atoms with E-state index in [2.05, 4.69) is 0 Å². The summed E-state index contributed by atoms with van der Waals surface area (Å²) in [7, 11) is -1.78. The predicted molar refractivity (Wildman–Crippen MR) is 49.2 cm³/mol. The van der Waals surface area contributed by atoms with Crippen molar-refractivity contribution in [2.45, 2.75) is 49.5 Å². The Bertz CT molecular complexity index is 281. The third-order valence-electron chi connectivity index (χ3n) is 2.25. The van der Waals surface area contributed by atoms with Gasteiger partial charge in [-0.25, -0.2) is 0 Å². The van der Waals surface area contributed by atoms with Crippen LogP contribution >= 0.6 is 0 Å². The fraction of sp³-hybridized carbons (Fsp3) is 1.00. The van der Waals surface area contributed by atoms with E-state index in [-0.39, 0.29) is 0 Å². The van der Waals surface area contributed by atoms with Crippen molar-refractivity contribution >= 4 is 8.80 Å². The third kappa shape index (κ3) is 3.12. The molecular weight excluding hydrogens is 295 g/mol. The van der Waals surface area contributed by atoms with E-state index in [0.717, 1.165) is 0 Å². The van der Waals surface area contributed by atoms with Crippen LogP contribution < -0.4 is 0 Å². The number of rotatable bonds is 5. The maximum atomic E-state index is 12.9. The monoisotopic (exact) mass is 306 g/mol. The number of alkyl halides is 9. The molecule has 10 heteroatoms. The molecule has 18 heavy (non-hydrogen) atoms. The number of halogens is 9. The minimum Gasteiger partial charge on any atom is -0.200 e. The van der Waals surface area contributed by atoms with Gasteiger partial charge in [0.15, 0.2) is 0 Å². The Morgan fingerprint density at radius 2 is 1.11 bits per heavy atom. The van der Waals surface area contributed by atoms with Gasteiger partial charge in [-0.1, -0.05) is 19.1 Å². The summed E-state index contributed by atoms with van der Waals surface area (Å²) in [5.74, 6) is -18.6. The van der Waals surface area contributed by atoms with Crippen molar-refractivity contribution in [3.05, 3.63) is 0 Å². The quantitative estimate of drug-likeness (QED) is 0.524. The van der Waals surface area contributed by atoms with E-state index < -0.39 is 45.2 Å². The first-order valence-corrected chi connectivity index (χ1v) is 7.99. The molecule has 0 rings (SSSR count). The Morgan fingerprint density at radius 3 is 1.39 bits per heavy atom. The van der Waals surface area contributed by atoms with E-state index in [9.17, 15) is 39.5 Å². The van der Waals surface area contributed by atoms with Crippen molar-refractivity contribution < 1.29 is 39.5 Å². The highest BCUT2D eigenvalue weighted by Crippen LogP contribution is 2.54. The Balaban J connectivity index is 5.23. The van der Waals surface area contributed by atoms with Gasteiger partial charge in [-0.3, -0.25) is 0 Å². The summed E-state index contributed by atoms with van der Waals surface area (Å²) >= 11 is 0. The summed E-state index contributed by atoms with van der Waals surface area (Å²) in [5.41, 5.74) is 0. The van der Waals surface area contributed by atoms with E-state index in [1.165, 1.54) is 13.1 Å². The molecule has 0 saturated heterocycles. The van der Waals surface area contributed by atoms with Gasteiger partial charge in [0.2, 0.25) is 0 Å². The third-order valence-corrected chi connectivity index (χ3v) is 3.69. The molecule has 0 heterocycles. The molecule has 0 aromatic heterocycles. The van der Waals surface area contributed by atoms with Crippen LogP contribution in [0.3, 0.4) is 0 Å².